The van der Waals surface area contributed by atoms with Crippen molar-refractivity contribution < 1.29 is 9.59 Å². The van der Waals surface area contributed by atoms with Gasteiger partial charge in [-0.15, -0.1) is 0 Å². The minimum absolute atomic E-state index is 0.157. The molecule has 2 rings (SSSR count). The fourth-order valence-corrected chi connectivity index (χ4v) is 1.91. The maximum atomic E-state index is 11.8. The molecule has 1 aromatic heterocycles. The quantitative estimate of drug-likeness (QED) is 0.766. The van der Waals surface area contributed by atoms with E-state index in [4.69, 9.17) is 5.73 Å². The summed E-state index contributed by atoms with van der Waals surface area (Å²) in [6.07, 6.45) is 0.713. The van der Waals surface area contributed by atoms with E-state index in [1.807, 2.05) is 13.0 Å². The summed E-state index contributed by atoms with van der Waals surface area (Å²) in [7, 11) is 0. The number of hydrogen-bond acceptors (Lipinski definition) is 3. The van der Waals surface area contributed by atoms with Crippen molar-refractivity contribution in [1.82, 2.24) is 10.2 Å². The van der Waals surface area contributed by atoms with Gasteiger partial charge >= 0.3 is 0 Å². The first-order valence-electron chi connectivity index (χ1n) is 6.26. The van der Waals surface area contributed by atoms with E-state index >= 15 is 0 Å². The first kappa shape index (κ1) is 13.8. The Kier molecular flexibility index (Phi) is 4.14. The number of nitrogens with zero attached hydrogens (tertiary/aromatic N) is 1. The highest BCUT2D eigenvalue weighted by Gasteiger charge is 2.10. The van der Waals surface area contributed by atoms with Crippen molar-refractivity contribution in [3.8, 4) is 0 Å². The molecule has 0 aliphatic rings. The van der Waals surface area contributed by atoms with Crippen LogP contribution in [0.4, 0.5) is 5.82 Å². The van der Waals surface area contributed by atoms with Crippen molar-refractivity contribution >= 4 is 17.6 Å². The smallest absolute Gasteiger partial charge is 0.248 e. The van der Waals surface area contributed by atoms with Gasteiger partial charge in [-0.05, 0) is 25.0 Å². The van der Waals surface area contributed by atoms with Crippen LogP contribution in [-0.2, 0) is 11.2 Å². The molecule has 0 saturated heterocycles. The zero-order chi connectivity index (χ0) is 14.5. The Morgan fingerprint density at radius 3 is 2.75 bits per heavy atom. The fourth-order valence-electron chi connectivity index (χ4n) is 1.91. The molecule has 104 valence electrons. The van der Waals surface area contributed by atoms with Crippen LogP contribution in [0.1, 0.15) is 28.0 Å². The summed E-state index contributed by atoms with van der Waals surface area (Å²) < 4.78 is 0. The van der Waals surface area contributed by atoms with Crippen LogP contribution in [0.2, 0.25) is 0 Å². The monoisotopic (exact) mass is 272 g/mol. The van der Waals surface area contributed by atoms with Crippen molar-refractivity contribution in [3.05, 3.63) is 47.2 Å². The number of carbonyl (C=O) groups is 2. The molecular weight excluding hydrogens is 256 g/mol. The lowest BCUT2D eigenvalue weighted by molar-refractivity contribution is -0.116. The minimum atomic E-state index is -0.482. The third kappa shape index (κ3) is 3.44. The van der Waals surface area contributed by atoms with Crippen molar-refractivity contribution in [2.75, 3.05) is 5.32 Å². The van der Waals surface area contributed by atoms with E-state index in [0.29, 0.717) is 17.8 Å². The molecular formula is C14H16N4O2. The van der Waals surface area contributed by atoms with Gasteiger partial charge in [-0.2, -0.15) is 5.10 Å². The number of primary amides is 1. The largest absolute Gasteiger partial charge is 0.366 e. The molecule has 6 nitrogen and oxygen atoms in total. The van der Waals surface area contributed by atoms with Crippen LogP contribution in [0, 0.1) is 6.92 Å². The zero-order valence-electron chi connectivity index (χ0n) is 11.1. The van der Waals surface area contributed by atoms with E-state index in [1.54, 1.807) is 24.3 Å². The first-order valence-corrected chi connectivity index (χ1v) is 6.26. The fraction of sp³-hybridized carbons (Fsp3) is 0.214. The van der Waals surface area contributed by atoms with Crippen LogP contribution in [0.25, 0.3) is 0 Å². The number of nitrogens with one attached hydrogen (secondary N) is 2. The Labute approximate surface area is 116 Å². The van der Waals surface area contributed by atoms with Gasteiger partial charge in [0.15, 0.2) is 5.82 Å². The van der Waals surface area contributed by atoms with Gasteiger partial charge in [0.2, 0.25) is 11.8 Å². The van der Waals surface area contributed by atoms with Gasteiger partial charge in [-0.1, -0.05) is 18.2 Å². The van der Waals surface area contributed by atoms with Crippen LogP contribution in [0.15, 0.2) is 30.3 Å². The molecule has 0 fully saturated rings. The molecule has 4 N–H and O–H groups in total. The van der Waals surface area contributed by atoms with Gasteiger partial charge in [-0.25, -0.2) is 0 Å². The van der Waals surface area contributed by atoms with Gasteiger partial charge in [0.25, 0.3) is 0 Å². The number of nitrogens with two attached hydrogens (primary N) is 1. The SMILES string of the molecule is Cc1cc(NC(=O)CCc2ccccc2C(N)=O)n[nH]1. The Bertz CT molecular complexity index is 634. The van der Waals surface area contributed by atoms with Gasteiger partial charge in [0, 0.05) is 23.7 Å². The average molecular weight is 272 g/mol. The first-order chi connectivity index (χ1) is 9.56. The lowest BCUT2D eigenvalue weighted by Gasteiger charge is -2.06. The number of H-pyrrole nitrogens is 1. The molecule has 0 aliphatic carbocycles. The highest BCUT2D eigenvalue weighted by molar-refractivity contribution is 5.95. The number of aromatic amines is 1. The third-order valence-corrected chi connectivity index (χ3v) is 2.88. The number of anilines is 1. The predicted octanol–water partition coefficient (Wildman–Crippen LogP) is 1.39. The van der Waals surface area contributed by atoms with E-state index in [1.165, 1.54) is 0 Å². The van der Waals surface area contributed by atoms with Crippen LogP contribution in [0.3, 0.4) is 0 Å². The summed E-state index contributed by atoms with van der Waals surface area (Å²) in [4.78, 5) is 23.1. The molecule has 0 radical (unpaired) electrons. The maximum Gasteiger partial charge on any atom is 0.248 e. The standard InChI is InChI=1S/C14H16N4O2/c1-9-8-12(18-17-9)16-13(19)7-6-10-4-2-3-5-11(10)14(15)20/h2-5,8H,6-7H2,1H3,(H2,15,20)(H2,16,17,18,19). The van der Waals surface area contributed by atoms with Gasteiger partial charge in [0.1, 0.15) is 0 Å². The molecule has 0 aliphatic heterocycles. The number of carbonyl (C=O) groups excluding carboxylic acids is 2. The molecule has 1 aromatic carbocycles. The molecule has 0 spiro atoms. The van der Waals surface area contributed by atoms with E-state index in [-0.39, 0.29) is 12.3 Å². The van der Waals surface area contributed by atoms with Crippen molar-refractivity contribution in [2.45, 2.75) is 19.8 Å². The number of aryl methyl sites for hydroxylation is 2. The average Bonchev–Trinajstić information content (AvgIpc) is 2.82. The van der Waals surface area contributed by atoms with Crippen molar-refractivity contribution in [3.63, 3.8) is 0 Å². The summed E-state index contributed by atoms with van der Waals surface area (Å²) >= 11 is 0. The zero-order valence-corrected chi connectivity index (χ0v) is 11.1. The normalized spacial score (nSPS) is 10.2. The Morgan fingerprint density at radius 1 is 1.35 bits per heavy atom. The van der Waals surface area contributed by atoms with E-state index in [2.05, 4.69) is 15.5 Å². The lowest BCUT2D eigenvalue weighted by atomic mass is 10.0. The van der Waals surface area contributed by atoms with Crippen LogP contribution in [-0.4, -0.2) is 22.0 Å². The number of benzene rings is 1. The summed E-state index contributed by atoms with van der Waals surface area (Å²) in [5, 5.41) is 9.36. The Morgan fingerprint density at radius 2 is 2.10 bits per heavy atom. The minimum Gasteiger partial charge on any atom is -0.366 e. The molecule has 6 heteroatoms. The maximum absolute atomic E-state index is 11.8. The van der Waals surface area contributed by atoms with E-state index in [0.717, 1.165) is 11.3 Å². The number of rotatable bonds is 5. The molecule has 2 aromatic rings. The summed E-state index contributed by atoms with van der Waals surface area (Å²) in [5.74, 6) is -0.143. The van der Waals surface area contributed by atoms with Crippen LogP contribution in [0.5, 0.6) is 0 Å². The Balaban J connectivity index is 1.95. The molecule has 0 atom stereocenters. The molecule has 2 amide bonds. The van der Waals surface area contributed by atoms with Crippen molar-refractivity contribution in [2.24, 2.45) is 5.73 Å². The number of amides is 2. The molecule has 0 saturated carbocycles. The van der Waals surface area contributed by atoms with Gasteiger partial charge in [0.05, 0.1) is 0 Å². The molecule has 0 bridgehead atoms. The summed E-state index contributed by atoms with van der Waals surface area (Å²) in [6, 6.07) is 8.76. The van der Waals surface area contributed by atoms with Crippen LogP contribution >= 0.6 is 0 Å². The molecule has 20 heavy (non-hydrogen) atoms. The van der Waals surface area contributed by atoms with Gasteiger partial charge < -0.3 is 11.1 Å². The molecule has 1 heterocycles. The summed E-state index contributed by atoms with van der Waals surface area (Å²) in [6.45, 7) is 1.85. The highest BCUT2D eigenvalue weighted by Crippen LogP contribution is 2.11. The summed E-state index contributed by atoms with van der Waals surface area (Å²) in [5.41, 5.74) is 7.39. The van der Waals surface area contributed by atoms with Crippen LogP contribution < -0.4 is 11.1 Å². The van der Waals surface area contributed by atoms with E-state index < -0.39 is 5.91 Å². The predicted molar refractivity (Wildman–Crippen MR) is 75.2 cm³/mol. The van der Waals surface area contributed by atoms with Crippen molar-refractivity contribution in [1.29, 1.82) is 0 Å². The molecule has 0 unspecified atom stereocenters. The Hall–Kier alpha value is -2.63. The topological polar surface area (TPSA) is 101 Å². The number of hydrogen-bond donors (Lipinski definition) is 3. The second-order valence-electron chi connectivity index (χ2n) is 4.51. The lowest BCUT2D eigenvalue weighted by Crippen LogP contribution is -2.16. The number of aromatic nitrogens is 2. The second-order valence-corrected chi connectivity index (χ2v) is 4.51. The third-order valence-electron chi connectivity index (χ3n) is 2.88. The van der Waals surface area contributed by atoms with Gasteiger partial charge in [-0.3, -0.25) is 14.7 Å². The second kappa shape index (κ2) is 6.01. The van der Waals surface area contributed by atoms with E-state index in [9.17, 15) is 9.59 Å². The highest BCUT2D eigenvalue weighted by atomic mass is 16.2.